The van der Waals surface area contributed by atoms with Crippen LogP contribution in [0.4, 0.5) is 0 Å². The Hall–Kier alpha value is 0.270. The number of thioether (sulfide) groups is 1. The van der Waals surface area contributed by atoms with E-state index in [-0.39, 0.29) is 0 Å². The van der Waals surface area contributed by atoms with Crippen molar-refractivity contribution in [2.75, 3.05) is 38.7 Å². The Kier molecular flexibility index (Phi) is 5.90. The Morgan fingerprint density at radius 1 is 1.50 bits per heavy atom. The van der Waals surface area contributed by atoms with E-state index < -0.39 is 0 Å². The summed E-state index contributed by atoms with van der Waals surface area (Å²) in [4.78, 5) is 2.62. The molecule has 1 aliphatic rings. The first-order valence-corrected chi connectivity index (χ1v) is 7.06. The molecule has 1 aliphatic heterocycles. The molecule has 2 unspecified atom stereocenters. The lowest BCUT2D eigenvalue weighted by Gasteiger charge is -2.36. The Balaban J connectivity index is 2.18. The van der Waals surface area contributed by atoms with E-state index in [2.05, 4.69) is 30.4 Å². The summed E-state index contributed by atoms with van der Waals surface area (Å²) in [5.41, 5.74) is 0. The van der Waals surface area contributed by atoms with Crippen molar-refractivity contribution >= 4 is 11.8 Å². The van der Waals surface area contributed by atoms with E-state index in [1.165, 1.54) is 38.2 Å². The highest BCUT2D eigenvalue weighted by atomic mass is 32.2. The first kappa shape index (κ1) is 12.3. The molecule has 1 N–H and O–H groups in total. The number of nitrogens with one attached hydrogen (secondary N) is 1. The van der Waals surface area contributed by atoms with Gasteiger partial charge in [0.25, 0.3) is 0 Å². The Bertz CT molecular complexity index is 150. The van der Waals surface area contributed by atoms with Crippen molar-refractivity contribution in [1.29, 1.82) is 0 Å². The fraction of sp³-hybridized carbons (Fsp3) is 1.00. The Morgan fingerprint density at radius 2 is 2.29 bits per heavy atom. The number of piperidine rings is 1. The van der Waals surface area contributed by atoms with Gasteiger partial charge in [-0.15, -0.1) is 0 Å². The first-order valence-electron chi connectivity index (χ1n) is 5.66. The molecule has 0 aromatic carbocycles. The predicted octanol–water partition coefficient (Wildman–Crippen LogP) is 1.67. The van der Waals surface area contributed by atoms with Gasteiger partial charge in [-0.3, -0.25) is 0 Å². The fourth-order valence-corrected chi connectivity index (χ4v) is 2.71. The summed E-state index contributed by atoms with van der Waals surface area (Å²) in [5, 5.41) is 3.41. The molecule has 14 heavy (non-hydrogen) atoms. The molecule has 0 saturated carbocycles. The zero-order valence-corrected chi connectivity index (χ0v) is 10.6. The van der Waals surface area contributed by atoms with Crippen LogP contribution in [0.1, 0.15) is 19.8 Å². The number of likely N-dealkylation sites (tertiary alicyclic amines) is 1. The number of rotatable bonds is 5. The fourth-order valence-electron chi connectivity index (χ4n) is 2.30. The second-order valence-electron chi connectivity index (χ2n) is 4.31. The average Bonchev–Trinajstić information content (AvgIpc) is 2.18. The lowest BCUT2D eigenvalue weighted by Crippen LogP contribution is -2.47. The topological polar surface area (TPSA) is 15.3 Å². The van der Waals surface area contributed by atoms with Crippen LogP contribution >= 0.6 is 11.8 Å². The minimum atomic E-state index is 0.742. The van der Waals surface area contributed by atoms with Gasteiger partial charge in [-0.25, -0.2) is 0 Å². The molecule has 0 spiro atoms. The van der Waals surface area contributed by atoms with Crippen molar-refractivity contribution in [1.82, 2.24) is 10.2 Å². The number of nitrogens with zero attached hydrogens (tertiary/aromatic N) is 1. The highest BCUT2D eigenvalue weighted by Crippen LogP contribution is 2.16. The molecule has 0 amide bonds. The molecule has 1 saturated heterocycles. The Labute approximate surface area is 92.8 Å². The molecule has 0 bridgehead atoms. The maximum atomic E-state index is 3.41. The Morgan fingerprint density at radius 3 is 2.86 bits per heavy atom. The molecule has 0 aliphatic carbocycles. The molecule has 0 radical (unpaired) electrons. The van der Waals surface area contributed by atoms with E-state index in [9.17, 15) is 0 Å². The lowest BCUT2D eigenvalue weighted by molar-refractivity contribution is 0.152. The van der Waals surface area contributed by atoms with Gasteiger partial charge >= 0.3 is 0 Å². The largest absolute Gasteiger partial charge is 0.317 e. The summed E-state index contributed by atoms with van der Waals surface area (Å²) in [6.07, 6.45) is 4.85. The molecule has 84 valence electrons. The smallest absolute Gasteiger partial charge is 0.0114 e. The van der Waals surface area contributed by atoms with Crippen LogP contribution in [0.2, 0.25) is 0 Å². The van der Waals surface area contributed by atoms with Crippen molar-refractivity contribution in [3.8, 4) is 0 Å². The molecule has 2 atom stereocenters. The van der Waals surface area contributed by atoms with E-state index in [4.69, 9.17) is 0 Å². The van der Waals surface area contributed by atoms with Crippen LogP contribution in [-0.4, -0.2) is 49.6 Å². The van der Waals surface area contributed by atoms with Crippen LogP contribution in [0.15, 0.2) is 0 Å². The molecule has 1 fully saturated rings. The second-order valence-corrected chi connectivity index (χ2v) is 5.29. The normalized spacial score (nSPS) is 29.4. The molecule has 3 heteroatoms. The summed E-state index contributed by atoms with van der Waals surface area (Å²) >= 11 is 1.96. The van der Waals surface area contributed by atoms with Crippen molar-refractivity contribution in [3.05, 3.63) is 0 Å². The van der Waals surface area contributed by atoms with E-state index in [0.717, 1.165) is 12.0 Å². The summed E-state index contributed by atoms with van der Waals surface area (Å²) in [5.74, 6) is 2.11. The maximum Gasteiger partial charge on any atom is 0.0114 e. The first-order chi connectivity index (χ1) is 6.77. The van der Waals surface area contributed by atoms with Gasteiger partial charge in [0.15, 0.2) is 0 Å². The van der Waals surface area contributed by atoms with Gasteiger partial charge in [-0.1, -0.05) is 6.92 Å². The summed E-state index contributed by atoms with van der Waals surface area (Å²) < 4.78 is 0. The monoisotopic (exact) mass is 216 g/mol. The van der Waals surface area contributed by atoms with E-state index in [0.29, 0.717) is 0 Å². The van der Waals surface area contributed by atoms with Gasteiger partial charge in [0.2, 0.25) is 0 Å². The highest BCUT2D eigenvalue weighted by Gasteiger charge is 2.23. The van der Waals surface area contributed by atoms with Crippen molar-refractivity contribution < 1.29 is 0 Å². The van der Waals surface area contributed by atoms with Crippen molar-refractivity contribution in [2.45, 2.75) is 25.8 Å². The van der Waals surface area contributed by atoms with Gasteiger partial charge in [0.1, 0.15) is 0 Å². The van der Waals surface area contributed by atoms with E-state index in [1.54, 1.807) is 0 Å². The summed E-state index contributed by atoms with van der Waals surface area (Å²) in [6.45, 7) is 6.22. The van der Waals surface area contributed by atoms with Gasteiger partial charge < -0.3 is 10.2 Å². The van der Waals surface area contributed by atoms with Crippen molar-refractivity contribution in [3.63, 3.8) is 0 Å². The SMILES string of the molecule is CNC1CCN(CCCSC)CC1C. The van der Waals surface area contributed by atoms with Crippen LogP contribution in [0, 0.1) is 5.92 Å². The molecule has 0 aromatic rings. The lowest BCUT2D eigenvalue weighted by atomic mass is 9.94. The third kappa shape index (κ3) is 3.79. The molecule has 1 heterocycles. The summed E-state index contributed by atoms with van der Waals surface area (Å²) in [6, 6.07) is 0.742. The standard InChI is InChI=1S/C11H24N2S/c1-10-9-13(6-4-8-14-3)7-5-11(10)12-2/h10-12H,4-9H2,1-3H3. The van der Waals surface area contributed by atoms with Crippen LogP contribution in [-0.2, 0) is 0 Å². The predicted molar refractivity (Wildman–Crippen MR) is 66.1 cm³/mol. The maximum absolute atomic E-state index is 3.41. The zero-order valence-electron chi connectivity index (χ0n) is 9.75. The van der Waals surface area contributed by atoms with Crippen LogP contribution in [0.5, 0.6) is 0 Å². The number of hydrogen-bond donors (Lipinski definition) is 1. The minimum Gasteiger partial charge on any atom is -0.317 e. The molecule has 2 nitrogen and oxygen atoms in total. The number of hydrogen-bond acceptors (Lipinski definition) is 3. The molecular formula is C11H24N2S. The average molecular weight is 216 g/mol. The van der Waals surface area contributed by atoms with Crippen molar-refractivity contribution in [2.24, 2.45) is 5.92 Å². The highest BCUT2D eigenvalue weighted by molar-refractivity contribution is 7.98. The van der Waals surface area contributed by atoms with Gasteiger partial charge in [0, 0.05) is 12.6 Å². The quantitative estimate of drug-likeness (QED) is 0.704. The third-order valence-corrected chi connectivity index (χ3v) is 3.88. The zero-order chi connectivity index (χ0) is 10.4. The van der Waals surface area contributed by atoms with Gasteiger partial charge in [-0.2, -0.15) is 11.8 Å². The van der Waals surface area contributed by atoms with Crippen LogP contribution in [0.3, 0.4) is 0 Å². The summed E-state index contributed by atoms with van der Waals surface area (Å²) in [7, 11) is 2.09. The third-order valence-electron chi connectivity index (χ3n) is 3.18. The molecule has 0 aromatic heterocycles. The van der Waals surface area contributed by atoms with E-state index >= 15 is 0 Å². The van der Waals surface area contributed by atoms with Gasteiger partial charge in [-0.05, 0) is 50.9 Å². The van der Waals surface area contributed by atoms with E-state index in [1.807, 2.05) is 11.8 Å². The van der Waals surface area contributed by atoms with Gasteiger partial charge in [0.05, 0.1) is 0 Å². The molecule has 1 rings (SSSR count). The second kappa shape index (κ2) is 6.70. The minimum absolute atomic E-state index is 0.742. The van der Waals surface area contributed by atoms with Crippen LogP contribution < -0.4 is 5.32 Å². The molecular weight excluding hydrogens is 192 g/mol. The van der Waals surface area contributed by atoms with Crippen LogP contribution in [0.25, 0.3) is 0 Å².